The molecule has 3 rings (SSSR count). The van der Waals surface area contributed by atoms with Gasteiger partial charge in [0.2, 0.25) is 11.8 Å². The van der Waals surface area contributed by atoms with Crippen molar-refractivity contribution in [1.29, 1.82) is 0 Å². The lowest BCUT2D eigenvalue weighted by Gasteiger charge is -2.30. The predicted octanol–water partition coefficient (Wildman–Crippen LogP) is 4.32. The molecule has 2 amide bonds. The van der Waals surface area contributed by atoms with E-state index in [0.717, 1.165) is 31.4 Å². The average molecular weight is 414 g/mol. The largest absolute Gasteiger partial charge is 0.416 e. The average Bonchev–Trinajstić information content (AvgIpc) is 2.88. The molecule has 0 radical (unpaired) electrons. The molecule has 0 N–H and O–H groups in total. The standard InChI is InChI=1S/C20H25F3N2O2S/c1-13-17(26)25(11-5-10-24(2)18(27)14-6-3-7-14)19(28-13)15-8-4-9-16(12-15)20(21,22)23/h4,8-9,12-14,19H,3,5-7,10-11H2,1-2H3/t13-,19-/m1/s1. The first-order valence-corrected chi connectivity index (χ1v) is 10.5. The molecule has 0 unspecified atom stereocenters. The third-order valence-corrected chi connectivity index (χ3v) is 6.86. The van der Waals surface area contributed by atoms with Crippen LogP contribution >= 0.6 is 11.8 Å². The van der Waals surface area contributed by atoms with Gasteiger partial charge >= 0.3 is 6.18 Å². The van der Waals surface area contributed by atoms with Crippen molar-refractivity contribution in [2.24, 2.45) is 5.92 Å². The molecule has 1 saturated heterocycles. The van der Waals surface area contributed by atoms with Crippen LogP contribution in [0.1, 0.15) is 49.1 Å². The van der Waals surface area contributed by atoms with E-state index in [-0.39, 0.29) is 23.0 Å². The fourth-order valence-corrected chi connectivity index (χ4v) is 4.88. The number of nitrogens with zero attached hydrogens (tertiary/aromatic N) is 2. The van der Waals surface area contributed by atoms with Crippen molar-refractivity contribution in [1.82, 2.24) is 9.80 Å². The molecule has 28 heavy (non-hydrogen) atoms. The van der Waals surface area contributed by atoms with Gasteiger partial charge in [-0.05, 0) is 43.9 Å². The lowest BCUT2D eigenvalue weighted by Crippen LogP contribution is -2.38. The number of hydrogen-bond acceptors (Lipinski definition) is 3. The minimum atomic E-state index is -4.41. The number of hydrogen-bond donors (Lipinski definition) is 0. The first kappa shape index (κ1) is 21.0. The number of halogens is 3. The van der Waals surface area contributed by atoms with Gasteiger partial charge in [0.05, 0.1) is 10.8 Å². The summed E-state index contributed by atoms with van der Waals surface area (Å²) in [5.74, 6) is 0.211. The highest BCUT2D eigenvalue weighted by Gasteiger charge is 2.39. The van der Waals surface area contributed by atoms with Gasteiger partial charge in [-0.2, -0.15) is 13.2 Å². The molecular formula is C20H25F3N2O2S. The molecule has 1 aromatic rings. The lowest BCUT2D eigenvalue weighted by molar-refractivity contribution is -0.138. The third-order valence-electron chi connectivity index (χ3n) is 5.47. The van der Waals surface area contributed by atoms with E-state index in [1.165, 1.54) is 17.8 Å². The zero-order valence-corrected chi connectivity index (χ0v) is 16.9. The molecule has 0 bridgehead atoms. The topological polar surface area (TPSA) is 40.6 Å². The molecule has 154 valence electrons. The summed E-state index contributed by atoms with van der Waals surface area (Å²) < 4.78 is 39.1. The Morgan fingerprint density at radius 1 is 1.32 bits per heavy atom. The van der Waals surface area contributed by atoms with E-state index in [1.54, 1.807) is 29.8 Å². The molecule has 1 heterocycles. The van der Waals surface area contributed by atoms with E-state index in [1.807, 2.05) is 0 Å². The monoisotopic (exact) mass is 414 g/mol. The van der Waals surface area contributed by atoms with Crippen LogP contribution in [0.15, 0.2) is 24.3 Å². The second-order valence-electron chi connectivity index (χ2n) is 7.53. The Bertz CT molecular complexity index is 736. The van der Waals surface area contributed by atoms with Gasteiger partial charge in [0, 0.05) is 26.1 Å². The highest BCUT2D eigenvalue weighted by Crippen LogP contribution is 2.44. The number of rotatable bonds is 6. The van der Waals surface area contributed by atoms with Crippen LogP contribution < -0.4 is 0 Å². The molecule has 1 aliphatic carbocycles. The summed E-state index contributed by atoms with van der Waals surface area (Å²) in [7, 11) is 1.77. The van der Waals surface area contributed by atoms with Crippen molar-refractivity contribution in [3.8, 4) is 0 Å². The zero-order chi connectivity index (χ0) is 20.5. The number of carbonyl (C=O) groups excluding carboxylic acids is 2. The molecule has 4 nitrogen and oxygen atoms in total. The Balaban J connectivity index is 1.65. The number of alkyl halides is 3. The van der Waals surface area contributed by atoms with Crippen molar-refractivity contribution in [2.75, 3.05) is 20.1 Å². The number of thioether (sulfide) groups is 1. The van der Waals surface area contributed by atoms with Gasteiger partial charge < -0.3 is 9.80 Å². The maximum atomic E-state index is 13.0. The van der Waals surface area contributed by atoms with Gasteiger partial charge in [-0.3, -0.25) is 9.59 Å². The molecule has 1 aromatic carbocycles. The summed E-state index contributed by atoms with van der Waals surface area (Å²) in [4.78, 5) is 28.1. The van der Waals surface area contributed by atoms with E-state index < -0.39 is 17.1 Å². The number of carbonyl (C=O) groups is 2. The van der Waals surface area contributed by atoms with Crippen molar-refractivity contribution in [3.63, 3.8) is 0 Å². The van der Waals surface area contributed by atoms with Gasteiger partial charge in [0.25, 0.3) is 0 Å². The van der Waals surface area contributed by atoms with Crippen LogP contribution in [0.4, 0.5) is 13.2 Å². The second-order valence-corrected chi connectivity index (χ2v) is 8.95. The highest BCUT2D eigenvalue weighted by atomic mass is 32.2. The Morgan fingerprint density at radius 3 is 2.64 bits per heavy atom. The summed E-state index contributed by atoms with van der Waals surface area (Å²) in [5, 5.41) is -0.730. The molecule has 1 saturated carbocycles. The first-order chi connectivity index (χ1) is 13.2. The van der Waals surface area contributed by atoms with Crippen LogP contribution in [0.25, 0.3) is 0 Å². The van der Waals surface area contributed by atoms with Gasteiger partial charge in [0.15, 0.2) is 0 Å². The maximum absolute atomic E-state index is 13.0. The molecule has 0 spiro atoms. The van der Waals surface area contributed by atoms with Crippen LogP contribution in [-0.2, 0) is 15.8 Å². The van der Waals surface area contributed by atoms with Crippen LogP contribution in [0.5, 0.6) is 0 Å². The van der Waals surface area contributed by atoms with E-state index in [4.69, 9.17) is 0 Å². The maximum Gasteiger partial charge on any atom is 0.416 e. The third kappa shape index (κ3) is 4.47. The normalized spacial score (nSPS) is 23.0. The predicted molar refractivity (Wildman–Crippen MR) is 103 cm³/mol. The summed E-state index contributed by atoms with van der Waals surface area (Å²) in [6.45, 7) is 2.73. The Kier molecular flexibility index (Phi) is 6.27. The summed E-state index contributed by atoms with van der Waals surface area (Å²) >= 11 is 1.37. The van der Waals surface area contributed by atoms with Gasteiger partial charge in [0.1, 0.15) is 5.37 Å². The minimum absolute atomic E-state index is 0.0691. The van der Waals surface area contributed by atoms with Crippen molar-refractivity contribution in [3.05, 3.63) is 35.4 Å². The van der Waals surface area contributed by atoms with E-state index in [9.17, 15) is 22.8 Å². The SMILES string of the molecule is C[C@H]1S[C@H](c2cccc(C(F)(F)F)c2)N(CCCN(C)C(=O)C2CCC2)C1=O. The second kappa shape index (κ2) is 8.35. The quantitative estimate of drug-likeness (QED) is 0.696. The van der Waals surface area contributed by atoms with Crippen LogP contribution in [-0.4, -0.2) is 47.0 Å². The summed E-state index contributed by atoms with van der Waals surface area (Å²) in [6, 6.07) is 5.19. The van der Waals surface area contributed by atoms with Gasteiger partial charge in [-0.1, -0.05) is 18.6 Å². The molecular weight excluding hydrogens is 389 g/mol. The molecule has 2 atom stereocenters. The summed E-state index contributed by atoms with van der Waals surface area (Å²) in [5.41, 5.74) is -0.222. The fraction of sp³-hybridized carbons (Fsp3) is 0.600. The molecule has 2 fully saturated rings. The molecule has 1 aliphatic heterocycles. The molecule has 2 aliphatic rings. The van der Waals surface area contributed by atoms with E-state index in [0.29, 0.717) is 25.1 Å². The van der Waals surface area contributed by atoms with E-state index >= 15 is 0 Å². The van der Waals surface area contributed by atoms with Crippen molar-refractivity contribution < 1.29 is 22.8 Å². The van der Waals surface area contributed by atoms with Gasteiger partial charge in [-0.15, -0.1) is 11.8 Å². The Labute approximate surface area is 167 Å². The Hall–Kier alpha value is -1.70. The van der Waals surface area contributed by atoms with E-state index in [2.05, 4.69) is 0 Å². The summed E-state index contributed by atoms with van der Waals surface area (Å²) in [6.07, 6.45) is -0.826. The minimum Gasteiger partial charge on any atom is -0.345 e. The van der Waals surface area contributed by atoms with Crippen LogP contribution in [0.3, 0.4) is 0 Å². The van der Waals surface area contributed by atoms with Crippen LogP contribution in [0.2, 0.25) is 0 Å². The molecule has 8 heteroatoms. The lowest BCUT2D eigenvalue weighted by atomic mass is 9.84. The number of amides is 2. The number of benzene rings is 1. The molecule has 0 aromatic heterocycles. The fourth-order valence-electron chi connectivity index (χ4n) is 3.58. The van der Waals surface area contributed by atoms with Crippen LogP contribution in [0, 0.1) is 5.92 Å². The first-order valence-electron chi connectivity index (χ1n) is 9.56. The zero-order valence-electron chi connectivity index (χ0n) is 16.0. The highest BCUT2D eigenvalue weighted by molar-refractivity contribution is 8.01. The van der Waals surface area contributed by atoms with Crippen molar-refractivity contribution in [2.45, 2.75) is 49.4 Å². The van der Waals surface area contributed by atoms with Gasteiger partial charge in [-0.25, -0.2) is 0 Å². The van der Waals surface area contributed by atoms with Crippen molar-refractivity contribution >= 4 is 23.6 Å². The smallest absolute Gasteiger partial charge is 0.345 e. The Morgan fingerprint density at radius 2 is 2.04 bits per heavy atom.